The zero-order chi connectivity index (χ0) is 28.0. The number of fused-ring (bicyclic) bond motifs is 2. The van der Waals surface area contributed by atoms with Crippen LogP contribution in [0.1, 0.15) is 44.1 Å². The van der Waals surface area contributed by atoms with Gasteiger partial charge in [0.25, 0.3) is 11.8 Å². The molecule has 11 nitrogen and oxygen atoms in total. The molecular formula is C26H20ClFN8O3S. The highest BCUT2D eigenvalue weighted by atomic mass is 35.5. The first-order valence-corrected chi connectivity index (χ1v) is 13.2. The van der Waals surface area contributed by atoms with Crippen LogP contribution in [0.5, 0.6) is 0 Å². The Bertz CT molecular complexity index is 1810. The van der Waals surface area contributed by atoms with Crippen LogP contribution in [0.4, 0.5) is 10.2 Å². The van der Waals surface area contributed by atoms with Crippen LogP contribution in [-0.4, -0.2) is 41.4 Å². The molecule has 5 aromatic rings. The number of hydrogen-bond donors (Lipinski definition) is 3. The highest BCUT2D eigenvalue weighted by molar-refractivity contribution is 7.13. The van der Waals surface area contributed by atoms with Crippen molar-refractivity contribution in [3.05, 3.63) is 94.0 Å². The Labute approximate surface area is 235 Å². The van der Waals surface area contributed by atoms with Gasteiger partial charge in [-0.2, -0.15) is 9.47 Å². The number of aryl methyl sites for hydroxylation is 1. The van der Waals surface area contributed by atoms with Crippen LogP contribution in [-0.2, 0) is 24.9 Å². The first kappa shape index (κ1) is 25.6. The number of anilines is 1. The number of rotatable bonds is 6. The van der Waals surface area contributed by atoms with Crippen LogP contribution in [0.25, 0.3) is 10.1 Å². The summed E-state index contributed by atoms with van der Waals surface area (Å²) in [4.78, 5) is 43.9. The second-order valence-electron chi connectivity index (χ2n) is 9.07. The molecule has 1 aliphatic heterocycles. The molecule has 0 aliphatic carbocycles. The summed E-state index contributed by atoms with van der Waals surface area (Å²) in [7, 11) is 1.76. The lowest BCUT2D eigenvalue weighted by molar-refractivity contribution is -0.123. The standard InChI is InChI=1S/C26H20ClFN8O3S/c1-35-9-8-14(33-35)11-29-26(39)24-31-23(32-25(38)21-15-4-2-3-5-18(15)40-34-21)22-20(30-19(37)12-36(22)24)16-10-13(28)6-7-17(16)27/h2-10,20H,11-12H2,1H3,(H,29,39)(H,30,37)(H,32,38)/t20-/m1/s1. The Hall–Kier alpha value is -4.62. The summed E-state index contributed by atoms with van der Waals surface area (Å²) < 4.78 is 22.4. The lowest BCUT2D eigenvalue weighted by Gasteiger charge is -2.28. The number of amides is 3. The number of nitrogens with zero attached hydrogens (tertiary/aromatic N) is 5. The molecule has 1 aliphatic rings. The minimum atomic E-state index is -1.00. The van der Waals surface area contributed by atoms with Crippen molar-refractivity contribution >= 4 is 56.8 Å². The molecule has 6 rings (SSSR count). The van der Waals surface area contributed by atoms with Gasteiger partial charge in [-0.25, -0.2) is 9.37 Å². The lowest BCUT2D eigenvalue weighted by atomic mass is 10.0. The Balaban J connectivity index is 1.42. The van der Waals surface area contributed by atoms with E-state index in [0.29, 0.717) is 11.1 Å². The van der Waals surface area contributed by atoms with Crippen LogP contribution in [0.15, 0.2) is 54.7 Å². The number of benzene rings is 2. The summed E-state index contributed by atoms with van der Waals surface area (Å²) in [5, 5.41) is 13.4. The molecule has 3 N–H and O–H groups in total. The summed E-state index contributed by atoms with van der Waals surface area (Å²) >= 11 is 7.58. The van der Waals surface area contributed by atoms with Gasteiger partial charge in [-0.3, -0.25) is 19.1 Å². The van der Waals surface area contributed by atoms with E-state index in [1.807, 2.05) is 12.1 Å². The van der Waals surface area contributed by atoms with Crippen LogP contribution >= 0.6 is 23.1 Å². The van der Waals surface area contributed by atoms with E-state index in [-0.39, 0.29) is 46.7 Å². The van der Waals surface area contributed by atoms with Crippen molar-refractivity contribution in [2.75, 3.05) is 5.32 Å². The maximum absolute atomic E-state index is 14.3. The number of carbonyl (C=O) groups is 3. The third-order valence-electron chi connectivity index (χ3n) is 6.38. The molecule has 0 fully saturated rings. The summed E-state index contributed by atoms with van der Waals surface area (Å²) in [6.07, 6.45) is 1.74. The highest BCUT2D eigenvalue weighted by Gasteiger charge is 2.36. The number of aromatic nitrogens is 5. The van der Waals surface area contributed by atoms with Gasteiger partial charge in [0, 0.05) is 29.2 Å². The largest absolute Gasteiger partial charge is 0.344 e. The smallest absolute Gasteiger partial charge is 0.287 e. The normalized spacial score (nSPS) is 14.6. The molecule has 0 saturated heterocycles. The van der Waals surface area contributed by atoms with Crippen molar-refractivity contribution in [3.63, 3.8) is 0 Å². The van der Waals surface area contributed by atoms with Gasteiger partial charge in [-0.1, -0.05) is 29.8 Å². The van der Waals surface area contributed by atoms with Crippen molar-refractivity contribution in [2.24, 2.45) is 7.05 Å². The second kappa shape index (κ2) is 10.2. The first-order chi connectivity index (χ1) is 19.3. The van der Waals surface area contributed by atoms with E-state index in [2.05, 4.69) is 30.4 Å². The molecule has 14 heteroatoms. The van der Waals surface area contributed by atoms with Gasteiger partial charge in [0.15, 0.2) is 5.82 Å². The third kappa shape index (κ3) is 4.69. The van der Waals surface area contributed by atoms with Gasteiger partial charge in [0.05, 0.1) is 28.7 Å². The predicted octanol–water partition coefficient (Wildman–Crippen LogP) is 3.42. The number of nitrogens with one attached hydrogen (secondary N) is 3. The van der Waals surface area contributed by atoms with E-state index in [4.69, 9.17) is 11.6 Å². The Kier molecular flexibility index (Phi) is 6.52. The zero-order valence-electron chi connectivity index (χ0n) is 20.8. The molecule has 40 heavy (non-hydrogen) atoms. The van der Waals surface area contributed by atoms with E-state index in [0.717, 1.165) is 4.70 Å². The van der Waals surface area contributed by atoms with Crippen molar-refractivity contribution in [3.8, 4) is 0 Å². The van der Waals surface area contributed by atoms with Crippen LogP contribution in [0.3, 0.4) is 0 Å². The van der Waals surface area contributed by atoms with E-state index in [1.165, 1.54) is 34.3 Å². The Morgan fingerprint density at radius 1 is 1.20 bits per heavy atom. The fourth-order valence-electron chi connectivity index (χ4n) is 4.59. The SMILES string of the molecule is Cn1ccc(CNC(=O)c2nc(NC(=O)c3nsc4ccccc34)c3n2CC(=O)N[C@@H]3c2cc(F)ccc2Cl)n1. The molecule has 1 atom stereocenters. The predicted molar refractivity (Wildman–Crippen MR) is 146 cm³/mol. The summed E-state index contributed by atoms with van der Waals surface area (Å²) in [5.74, 6) is -2.27. The average Bonchev–Trinajstić information content (AvgIpc) is 3.65. The maximum atomic E-state index is 14.3. The van der Waals surface area contributed by atoms with Crippen molar-refractivity contribution in [1.29, 1.82) is 0 Å². The number of imidazole rings is 1. The lowest BCUT2D eigenvalue weighted by Crippen LogP contribution is -2.41. The molecular weight excluding hydrogens is 559 g/mol. The number of halogens is 2. The molecule has 0 saturated carbocycles. The van der Waals surface area contributed by atoms with E-state index < -0.39 is 29.6 Å². The molecule has 0 unspecified atom stereocenters. The van der Waals surface area contributed by atoms with Gasteiger partial charge < -0.3 is 20.5 Å². The van der Waals surface area contributed by atoms with Crippen LogP contribution in [0, 0.1) is 5.82 Å². The van der Waals surface area contributed by atoms with Gasteiger partial charge in [0.1, 0.15) is 18.1 Å². The molecule has 0 radical (unpaired) electrons. The van der Waals surface area contributed by atoms with Crippen molar-refractivity contribution in [1.82, 2.24) is 34.3 Å². The monoisotopic (exact) mass is 578 g/mol. The number of hydrogen-bond acceptors (Lipinski definition) is 7. The topological polar surface area (TPSA) is 136 Å². The minimum Gasteiger partial charge on any atom is -0.344 e. The maximum Gasteiger partial charge on any atom is 0.287 e. The third-order valence-corrected chi connectivity index (χ3v) is 7.55. The molecule has 0 bridgehead atoms. The minimum absolute atomic E-state index is 0.00963. The quantitative estimate of drug-likeness (QED) is 0.282. The van der Waals surface area contributed by atoms with Crippen molar-refractivity contribution < 1.29 is 18.8 Å². The van der Waals surface area contributed by atoms with Gasteiger partial charge >= 0.3 is 0 Å². The average molecular weight is 579 g/mol. The van der Waals surface area contributed by atoms with Crippen molar-refractivity contribution in [2.45, 2.75) is 19.1 Å². The Morgan fingerprint density at radius 3 is 2.83 bits per heavy atom. The molecule has 3 aromatic heterocycles. The van der Waals surface area contributed by atoms with Crippen LogP contribution < -0.4 is 16.0 Å². The van der Waals surface area contributed by atoms with Crippen LogP contribution in [0.2, 0.25) is 5.02 Å². The second-order valence-corrected chi connectivity index (χ2v) is 10.3. The number of carbonyl (C=O) groups excluding carboxylic acids is 3. The zero-order valence-corrected chi connectivity index (χ0v) is 22.4. The summed E-state index contributed by atoms with van der Waals surface area (Å²) in [6.45, 7) is -0.146. The van der Waals surface area contributed by atoms with Gasteiger partial charge in [-0.15, -0.1) is 0 Å². The first-order valence-electron chi connectivity index (χ1n) is 12.1. The summed E-state index contributed by atoms with van der Waals surface area (Å²) in [5.41, 5.74) is 1.31. The fourth-order valence-corrected chi connectivity index (χ4v) is 5.59. The summed E-state index contributed by atoms with van der Waals surface area (Å²) in [6, 6.07) is 11.8. The van der Waals surface area contributed by atoms with Gasteiger partial charge in [0.2, 0.25) is 11.7 Å². The Morgan fingerprint density at radius 2 is 2.02 bits per heavy atom. The van der Waals surface area contributed by atoms with Gasteiger partial charge in [-0.05, 0) is 41.9 Å². The van der Waals surface area contributed by atoms with E-state index >= 15 is 0 Å². The molecule has 4 heterocycles. The van der Waals surface area contributed by atoms with E-state index in [9.17, 15) is 18.8 Å². The highest BCUT2D eigenvalue weighted by Crippen LogP contribution is 2.36. The molecule has 0 spiro atoms. The van der Waals surface area contributed by atoms with E-state index in [1.54, 1.807) is 36.1 Å². The molecule has 202 valence electrons. The molecule has 3 amide bonds. The molecule has 2 aromatic carbocycles. The fraction of sp³-hybridized carbons (Fsp3) is 0.154.